The van der Waals surface area contributed by atoms with Crippen molar-refractivity contribution in [3.8, 4) is 0 Å². The molecule has 2 heterocycles. The number of amides is 1. The second-order valence-corrected chi connectivity index (χ2v) is 5.06. The largest absolute Gasteiger partial charge is 0.331 e. The number of tetrazole rings is 1. The molecule has 0 fully saturated rings. The van der Waals surface area contributed by atoms with Gasteiger partial charge in [0.15, 0.2) is 0 Å². The number of aromatic nitrogens is 4. The Morgan fingerprint density at radius 1 is 1.59 bits per heavy atom. The van der Waals surface area contributed by atoms with Crippen LogP contribution in [-0.4, -0.2) is 38.0 Å². The maximum absolute atomic E-state index is 12.0. The summed E-state index contributed by atoms with van der Waals surface area (Å²) in [5, 5.41) is 13.0. The molecule has 1 N–H and O–H groups in total. The molecule has 2 aromatic rings. The summed E-state index contributed by atoms with van der Waals surface area (Å²) >= 11 is 7.29. The smallest absolute Gasteiger partial charge is 0.295 e. The van der Waals surface area contributed by atoms with E-state index in [2.05, 4.69) is 20.6 Å². The van der Waals surface area contributed by atoms with E-state index in [0.717, 1.165) is 4.88 Å². The molecule has 0 spiro atoms. The predicted octanol–water partition coefficient (Wildman–Crippen LogP) is 1.58. The number of carbonyl (C=O) groups excluding carboxylic acids is 1. The standard InChI is InChI=1S/C9H10ClN5OS/c1-2-15(5-6-3-4-7(10)17-6)9(16)8-11-13-14-12-8/h3-4H,2,5H2,1H3,(H,11,12,13,14). The summed E-state index contributed by atoms with van der Waals surface area (Å²) < 4.78 is 0.711. The maximum atomic E-state index is 12.0. The van der Waals surface area contributed by atoms with Crippen molar-refractivity contribution in [3.63, 3.8) is 0 Å². The Morgan fingerprint density at radius 3 is 2.94 bits per heavy atom. The van der Waals surface area contributed by atoms with Crippen LogP contribution in [0, 0.1) is 0 Å². The van der Waals surface area contributed by atoms with Gasteiger partial charge in [-0.25, -0.2) is 0 Å². The molecule has 0 unspecified atom stereocenters. The predicted molar refractivity (Wildman–Crippen MR) is 63.9 cm³/mol. The molecule has 0 saturated carbocycles. The number of carbonyl (C=O) groups is 1. The van der Waals surface area contributed by atoms with Gasteiger partial charge in [0.1, 0.15) is 0 Å². The van der Waals surface area contributed by atoms with Crippen molar-refractivity contribution in [2.45, 2.75) is 13.5 Å². The van der Waals surface area contributed by atoms with Crippen LogP contribution in [-0.2, 0) is 6.54 Å². The van der Waals surface area contributed by atoms with Gasteiger partial charge in [-0.2, -0.15) is 5.21 Å². The zero-order valence-electron chi connectivity index (χ0n) is 9.05. The van der Waals surface area contributed by atoms with Crippen LogP contribution in [0.4, 0.5) is 0 Å². The van der Waals surface area contributed by atoms with E-state index < -0.39 is 0 Å². The van der Waals surface area contributed by atoms with Gasteiger partial charge in [-0.3, -0.25) is 4.79 Å². The van der Waals surface area contributed by atoms with Gasteiger partial charge in [0.25, 0.3) is 11.7 Å². The fourth-order valence-electron chi connectivity index (χ4n) is 1.35. The van der Waals surface area contributed by atoms with Crippen molar-refractivity contribution in [1.29, 1.82) is 0 Å². The van der Waals surface area contributed by atoms with E-state index in [1.54, 1.807) is 4.90 Å². The molecule has 8 heteroatoms. The molecule has 2 aromatic heterocycles. The Labute approximate surface area is 107 Å². The highest BCUT2D eigenvalue weighted by Gasteiger charge is 2.19. The normalized spacial score (nSPS) is 10.5. The van der Waals surface area contributed by atoms with Gasteiger partial charge in [0.2, 0.25) is 0 Å². The topological polar surface area (TPSA) is 74.8 Å². The fraction of sp³-hybridized carbons (Fsp3) is 0.333. The molecule has 0 bridgehead atoms. The monoisotopic (exact) mass is 271 g/mol. The van der Waals surface area contributed by atoms with Crippen LogP contribution < -0.4 is 0 Å². The summed E-state index contributed by atoms with van der Waals surface area (Å²) in [5.41, 5.74) is 0. The Kier molecular flexibility index (Phi) is 3.70. The molecule has 2 rings (SSSR count). The highest BCUT2D eigenvalue weighted by Crippen LogP contribution is 2.22. The number of hydrogen-bond donors (Lipinski definition) is 1. The first kappa shape index (κ1) is 12.0. The number of halogens is 1. The van der Waals surface area contributed by atoms with Gasteiger partial charge in [-0.05, 0) is 24.3 Å². The van der Waals surface area contributed by atoms with Crippen molar-refractivity contribution in [2.75, 3.05) is 6.54 Å². The molecule has 6 nitrogen and oxygen atoms in total. The van der Waals surface area contributed by atoms with Gasteiger partial charge in [-0.15, -0.1) is 21.5 Å². The lowest BCUT2D eigenvalue weighted by Crippen LogP contribution is -2.30. The third kappa shape index (κ3) is 2.80. The van der Waals surface area contributed by atoms with E-state index in [4.69, 9.17) is 11.6 Å². The van der Waals surface area contributed by atoms with Crippen LogP contribution in [0.25, 0.3) is 0 Å². The van der Waals surface area contributed by atoms with Crippen molar-refractivity contribution in [2.24, 2.45) is 0 Å². The summed E-state index contributed by atoms with van der Waals surface area (Å²) in [5.74, 6) is -0.166. The van der Waals surface area contributed by atoms with Crippen LogP contribution in [0.1, 0.15) is 22.4 Å². The number of H-pyrrole nitrogens is 1. The Hall–Kier alpha value is -1.47. The van der Waals surface area contributed by atoms with Crippen LogP contribution in [0.5, 0.6) is 0 Å². The highest BCUT2D eigenvalue weighted by molar-refractivity contribution is 7.16. The summed E-state index contributed by atoms with van der Waals surface area (Å²) in [6.45, 7) is 2.97. The minimum Gasteiger partial charge on any atom is -0.331 e. The van der Waals surface area contributed by atoms with Crippen LogP contribution in [0.15, 0.2) is 12.1 Å². The minimum absolute atomic E-state index is 0.0782. The van der Waals surface area contributed by atoms with Crippen molar-refractivity contribution < 1.29 is 4.79 Å². The number of rotatable bonds is 4. The number of nitrogens with one attached hydrogen (secondary N) is 1. The molecule has 0 atom stereocenters. The van der Waals surface area contributed by atoms with Crippen molar-refractivity contribution >= 4 is 28.8 Å². The molecule has 0 aliphatic rings. The lowest BCUT2D eigenvalue weighted by atomic mass is 10.4. The summed E-state index contributed by atoms with van der Waals surface area (Å²) in [6.07, 6.45) is 0. The van der Waals surface area contributed by atoms with Crippen molar-refractivity contribution in [1.82, 2.24) is 25.5 Å². The lowest BCUT2D eigenvalue weighted by Gasteiger charge is -2.17. The Bertz CT molecular complexity index is 497. The molecule has 0 saturated heterocycles. The quantitative estimate of drug-likeness (QED) is 0.916. The zero-order valence-corrected chi connectivity index (χ0v) is 10.6. The number of nitrogens with zero attached hydrogens (tertiary/aromatic N) is 4. The third-order valence-electron chi connectivity index (χ3n) is 2.18. The van der Waals surface area contributed by atoms with Gasteiger partial charge in [0.05, 0.1) is 10.9 Å². The number of thiophene rings is 1. The SMILES string of the molecule is CCN(Cc1ccc(Cl)s1)C(=O)c1nn[nH]n1. The van der Waals surface area contributed by atoms with E-state index >= 15 is 0 Å². The van der Waals surface area contributed by atoms with Gasteiger partial charge < -0.3 is 4.90 Å². The average molecular weight is 272 g/mol. The first-order valence-electron chi connectivity index (χ1n) is 4.97. The lowest BCUT2D eigenvalue weighted by molar-refractivity contribution is 0.0742. The van der Waals surface area contributed by atoms with Crippen LogP contribution in [0.3, 0.4) is 0 Å². The average Bonchev–Trinajstić information content (AvgIpc) is 2.96. The van der Waals surface area contributed by atoms with E-state index in [-0.39, 0.29) is 11.7 Å². The van der Waals surface area contributed by atoms with E-state index in [1.165, 1.54) is 11.3 Å². The first-order chi connectivity index (χ1) is 8.20. The molecular weight excluding hydrogens is 262 g/mol. The zero-order chi connectivity index (χ0) is 12.3. The first-order valence-corrected chi connectivity index (χ1v) is 6.17. The van der Waals surface area contributed by atoms with E-state index in [1.807, 2.05) is 19.1 Å². The minimum atomic E-state index is -0.245. The highest BCUT2D eigenvalue weighted by atomic mass is 35.5. The molecule has 0 aliphatic heterocycles. The summed E-state index contributed by atoms with van der Waals surface area (Å²) in [6, 6.07) is 3.72. The maximum Gasteiger partial charge on any atom is 0.295 e. The van der Waals surface area contributed by atoms with E-state index in [0.29, 0.717) is 17.4 Å². The molecule has 90 valence electrons. The van der Waals surface area contributed by atoms with Crippen LogP contribution in [0.2, 0.25) is 4.34 Å². The summed E-state index contributed by atoms with van der Waals surface area (Å²) in [7, 11) is 0. The molecule has 0 aliphatic carbocycles. The van der Waals surface area contributed by atoms with Gasteiger partial charge in [-0.1, -0.05) is 11.6 Å². The second kappa shape index (κ2) is 5.24. The number of hydrogen-bond acceptors (Lipinski definition) is 5. The Balaban J connectivity index is 2.09. The van der Waals surface area contributed by atoms with Gasteiger partial charge >= 0.3 is 0 Å². The Morgan fingerprint density at radius 2 is 2.41 bits per heavy atom. The fourth-order valence-corrected chi connectivity index (χ4v) is 2.45. The van der Waals surface area contributed by atoms with Crippen molar-refractivity contribution in [3.05, 3.63) is 27.2 Å². The molecular formula is C9H10ClN5OS. The second-order valence-electron chi connectivity index (χ2n) is 3.26. The summed E-state index contributed by atoms with van der Waals surface area (Å²) in [4.78, 5) is 14.6. The van der Waals surface area contributed by atoms with E-state index in [9.17, 15) is 4.79 Å². The molecule has 17 heavy (non-hydrogen) atoms. The molecule has 0 aromatic carbocycles. The number of aromatic amines is 1. The third-order valence-corrected chi connectivity index (χ3v) is 3.40. The van der Waals surface area contributed by atoms with Gasteiger partial charge in [0, 0.05) is 11.4 Å². The molecule has 0 radical (unpaired) electrons. The molecule has 1 amide bonds. The van der Waals surface area contributed by atoms with Crippen LogP contribution >= 0.6 is 22.9 Å².